The van der Waals surface area contributed by atoms with Crippen LogP contribution in [0.4, 0.5) is 10.5 Å². The molecule has 0 radical (unpaired) electrons. The van der Waals surface area contributed by atoms with Gasteiger partial charge in [-0.15, -0.1) is 11.6 Å². The minimum absolute atomic E-state index is 0.206. The minimum Gasteiger partial charge on any atom is -0.338 e. The number of carbonyl (C=O) groups excluding carboxylic acids is 1. The summed E-state index contributed by atoms with van der Waals surface area (Å²) in [4.78, 5) is 11.6. The van der Waals surface area contributed by atoms with Crippen molar-refractivity contribution in [3.8, 4) is 11.1 Å². The maximum atomic E-state index is 11.6. The number of alkyl halides is 1. The van der Waals surface area contributed by atoms with Gasteiger partial charge in [0.15, 0.2) is 0 Å². The molecule has 0 aliphatic rings. The van der Waals surface area contributed by atoms with Crippen LogP contribution < -0.4 is 10.6 Å². The van der Waals surface area contributed by atoms with Gasteiger partial charge in [0, 0.05) is 18.1 Å². The fraction of sp³-hybridized carbons (Fsp3) is 0.188. The summed E-state index contributed by atoms with van der Waals surface area (Å²) in [5.74, 6) is 0.548. The van der Waals surface area contributed by atoms with Gasteiger partial charge in [-0.05, 0) is 29.7 Å². The summed E-state index contributed by atoms with van der Waals surface area (Å²) in [6, 6.07) is 17.7. The Balaban J connectivity index is 1.93. The molecule has 0 fully saturated rings. The van der Waals surface area contributed by atoms with Crippen LogP contribution in [0.25, 0.3) is 11.1 Å². The molecule has 4 heteroatoms. The molecular formula is C16H17ClN2O. The molecule has 0 aliphatic carbocycles. The zero-order valence-electron chi connectivity index (χ0n) is 11.1. The van der Waals surface area contributed by atoms with Gasteiger partial charge in [-0.1, -0.05) is 42.5 Å². The summed E-state index contributed by atoms with van der Waals surface area (Å²) in [6.07, 6.45) is 0.766. The smallest absolute Gasteiger partial charge is 0.319 e. The van der Waals surface area contributed by atoms with Gasteiger partial charge in [0.2, 0.25) is 0 Å². The van der Waals surface area contributed by atoms with E-state index in [4.69, 9.17) is 11.6 Å². The minimum atomic E-state index is -0.206. The molecule has 0 aliphatic heterocycles. The molecule has 2 amide bonds. The van der Waals surface area contributed by atoms with E-state index in [9.17, 15) is 4.79 Å². The molecule has 0 bridgehead atoms. The predicted molar refractivity (Wildman–Crippen MR) is 84.2 cm³/mol. The average molecular weight is 289 g/mol. The first kappa shape index (κ1) is 14.4. The maximum absolute atomic E-state index is 11.6. The Labute approximate surface area is 124 Å². The quantitative estimate of drug-likeness (QED) is 0.631. The molecule has 0 saturated heterocycles. The van der Waals surface area contributed by atoms with Crippen LogP contribution in [0.15, 0.2) is 54.6 Å². The van der Waals surface area contributed by atoms with E-state index in [1.54, 1.807) is 0 Å². The Morgan fingerprint density at radius 1 is 0.950 bits per heavy atom. The third-order valence-corrected chi connectivity index (χ3v) is 3.11. The van der Waals surface area contributed by atoms with Crippen molar-refractivity contribution < 1.29 is 4.79 Å². The van der Waals surface area contributed by atoms with E-state index < -0.39 is 0 Å². The molecule has 0 aromatic heterocycles. The molecule has 2 rings (SSSR count). The van der Waals surface area contributed by atoms with Gasteiger partial charge in [-0.3, -0.25) is 0 Å². The van der Waals surface area contributed by atoms with E-state index in [2.05, 4.69) is 22.8 Å². The number of rotatable bonds is 5. The third kappa shape index (κ3) is 4.28. The molecule has 0 saturated carbocycles. The topological polar surface area (TPSA) is 41.1 Å². The number of anilines is 1. The number of benzene rings is 2. The summed E-state index contributed by atoms with van der Waals surface area (Å²) in [7, 11) is 0. The van der Waals surface area contributed by atoms with Crippen molar-refractivity contribution >= 4 is 23.3 Å². The van der Waals surface area contributed by atoms with E-state index in [0.717, 1.165) is 23.2 Å². The lowest BCUT2D eigenvalue weighted by atomic mass is 10.1. The first-order valence-electron chi connectivity index (χ1n) is 6.56. The van der Waals surface area contributed by atoms with Crippen molar-refractivity contribution in [2.75, 3.05) is 17.7 Å². The molecule has 2 aromatic rings. The van der Waals surface area contributed by atoms with E-state index in [1.807, 2.05) is 42.5 Å². The van der Waals surface area contributed by atoms with Gasteiger partial charge in [-0.25, -0.2) is 4.79 Å². The van der Waals surface area contributed by atoms with Crippen LogP contribution in [0.5, 0.6) is 0 Å². The van der Waals surface area contributed by atoms with Crippen molar-refractivity contribution in [1.29, 1.82) is 0 Å². The first-order valence-corrected chi connectivity index (χ1v) is 7.09. The molecule has 2 N–H and O–H groups in total. The molecule has 3 nitrogen and oxygen atoms in total. The van der Waals surface area contributed by atoms with Crippen LogP contribution in [0.1, 0.15) is 6.42 Å². The zero-order chi connectivity index (χ0) is 14.2. The number of carbonyl (C=O) groups is 1. The summed E-state index contributed by atoms with van der Waals surface area (Å²) in [5, 5.41) is 5.53. The number of halogens is 1. The Morgan fingerprint density at radius 3 is 2.25 bits per heavy atom. The summed E-state index contributed by atoms with van der Waals surface area (Å²) >= 11 is 5.55. The van der Waals surface area contributed by atoms with Crippen LogP contribution in [0, 0.1) is 0 Å². The first-order chi connectivity index (χ1) is 9.79. The number of nitrogens with one attached hydrogen (secondary N) is 2. The van der Waals surface area contributed by atoms with Gasteiger partial charge < -0.3 is 10.6 Å². The number of hydrogen-bond donors (Lipinski definition) is 2. The second-order valence-corrected chi connectivity index (χ2v) is 4.74. The Morgan fingerprint density at radius 2 is 1.60 bits per heavy atom. The van der Waals surface area contributed by atoms with Crippen molar-refractivity contribution in [3.05, 3.63) is 54.6 Å². The van der Waals surface area contributed by atoms with Gasteiger partial charge in [0.25, 0.3) is 0 Å². The highest BCUT2D eigenvalue weighted by Gasteiger charge is 2.01. The highest BCUT2D eigenvalue weighted by molar-refractivity contribution is 6.17. The van der Waals surface area contributed by atoms with Gasteiger partial charge >= 0.3 is 6.03 Å². The van der Waals surface area contributed by atoms with E-state index in [-0.39, 0.29) is 6.03 Å². The fourth-order valence-electron chi connectivity index (χ4n) is 1.82. The maximum Gasteiger partial charge on any atom is 0.319 e. The molecule has 20 heavy (non-hydrogen) atoms. The Bertz CT molecular complexity index is 540. The molecule has 0 heterocycles. The van der Waals surface area contributed by atoms with E-state index in [0.29, 0.717) is 12.4 Å². The fourth-order valence-corrected chi connectivity index (χ4v) is 1.95. The normalized spacial score (nSPS) is 10.1. The number of urea groups is 1. The van der Waals surface area contributed by atoms with Crippen molar-refractivity contribution in [1.82, 2.24) is 5.32 Å². The molecule has 0 unspecified atom stereocenters. The lowest BCUT2D eigenvalue weighted by Crippen LogP contribution is -2.29. The SMILES string of the molecule is O=C(NCCCCl)Nc1ccc(-c2ccccc2)cc1. The lowest BCUT2D eigenvalue weighted by Gasteiger charge is -2.08. The number of hydrogen-bond acceptors (Lipinski definition) is 1. The third-order valence-electron chi connectivity index (χ3n) is 2.85. The molecule has 2 aromatic carbocycles. The van der Waals surface area contributed by atoms with Crippen LogP contribution in [-0.4, -0.2) is 18.5 Å². The van der Waals surface area contributed by atoms with E-state index >= 15 is 0 Å². The largest absolute Gasteiger partial charge is 0.338 e. The molecule has 0 spiro atoms. The van der Waals surface area contributed by atoms with Crippen LogP contribution in [0.3, 0.4) is 0 Å². The van der Waals surface area contributed by atoms with Gasteiger partial charge in [0.05, 0.1) is 0 Å². The Hall–Kier alpha value is -2.00. The summed E-state index contributed by atoms with van der Waals surface area (Å²) in [5.41, 5.74) is 3.05. The zero-order valence-corrected chi connectivity index (χ0v) is 11.9. The molecule has 104 valence electrons. The summed E-state index contributed by atoms with van der Waals surface area (Å²) in [6.45, 7) is 0.581. The highest BCUT2D eigenvalue weighted by atomic mass is 35.5. The Kier molecular flexibility index (Phi) is 5.44. The second-order valence-electron chi connectivity index (χ2n) is 4.37. The lowest BCUT2D eigenvalue weighted by molar-refractivity contribution is 0.252. The predicted octanol–water partition coefficient (Wildman–Crippen LogP) is 4.10. The number of amides is 2. The monoisotopic (exact) mass is 288 g/mol. The van der Waals surface area contributed by atoms with Gasteiger partial charge in [0.1, 0.15) is 0 Å². The average Bonchev–Trinajstić information content (AvgIpc) is 2.49. The van der Waals surface area contributed by atoms with Crippen LogP contribution >= 0.6 is 11.6 Å². The highest BCUT2D eigenvalue weighted by Crippen LogP contribution is 2.20. The van der Waals surface area contributed by atoms with Crippen LogP contribution in [-0.2, 0) is 0 Å². The van der Waals surface area contributed by atoms with Crippen molar-refractivity contribution in [3.63, 3.8) is 0 Å². The van der Waals surface area contributed by atoms with Crippen LogP contribution in [0.2, 0.25) is 0 Å². The second kappa shape index (κ2) is 7.56. The molecule has 0 atom stereocenters. The van der Waals surface area contributed by atoms with E-state index in [1.165, 1.54) is 0 Å². The summed E-state index contributed by atoms with van der Waals surface area (Å²) < 4.78 is 0. The van der Waals surface area contributed by atoms with Crippen molar-refractivity contribution in [2.24, 2.45) is 0 Å². The molecular weight excluding hydrogens is 272 g/mol. The standard InChI is InChI=1S/C16H17ClN2O/c17-11-4-12-18-16(20)19-15-9-7-14(8-10-15)13-5-2-1-3-6-13/h1-3,5-10H,4,11-12H2,(H2,18,19,20). The van der Waals surface area contributed by atoms with Gasteiger partial charge in [-0.2, -0.15) is 0 Å². The van der Waals surface area contributed by atoms with Crippen molar-refractivity contribution in [2.45, 2.75) is 6.42 Å².